The molecule has 0 spiro atoms. The zero-order chi connectivity index (χ0) is 16.0. The van der Waals surface area contributed by atoms with Crippen LogP contribution in [0.4, 0.5) is 5.82 Å². The second kappa shape index (κ2) is 5.27. The normalized spacial score (nSPS) is 21.2. The average Bonchev–Trinajstić information content (AvgIpc) is 3.21. The number of aryl methyl sites for hydroxylation is 2. The van der Waals surface area contributed by atoms with Gasteiger partial charge in [0.25, 0.3) is 0 Å². The van der Waals surface area contributed by atoms with Gasteiger partial charge in [-0.25, -0.2) is 4.98 Å². The van der Waals surface area contributed by atoms with Crippen LogP contribution in [0.15, 0.2) is 12.4 Å². The molecule has 1 aliphatic heterocycles. The van der Waals surface area contributed by atoms with Crippen molar-refractivity contribution in [2.45, 2.75) is 32.4 Å². The first-order valence-corrected chi connectivity index (χ1v) is 7.56. The zero-order valence-electron chi connectivity index (χ0n) is 13.3. The lowest BCUT2D eigenvalue weighted by molar-refractivity contribution is 0.106. The summed E-state index contributed by atoms with van der Waals surface area (Å²) >= 11 is 0. The smallest absolute Gasteiger partial charge is 0.221 e. The van der Waals surface area contributed by atoms with Crippen molar-refractivity contribution in [3.63, 3.8) is 0 Å². The molecule has 0 amide bonds. The van der Waals surface area contributed by atoms with Crippen LogP contribution in [-0.2, 0) is 11.8 Å². The third-order valence-corrected chi connectivity index (χ3v) is 4.38. The maximum atomic E-state index is 5.99. The minimum Gasteiger partial charge on any atom is -0.371 e. The number of ether oxygens (including phenoxy) is 1. The fourth-order valence-corrected chi connectivity index (χ4v) is 3.18. The van der Waals surface area contributed by atoms with Gasteiger partial charge in [0.2, 0.25) is 5.65 Å². The molecule has 9 nitrogen and oxygen atoms in total. The largest absolute Gasteiger partial charge is 0.371 e. The van der Waals surface area contributed by atoms with Crippen LogP contribution in [0.3, 0.4) is 0 Å². The Morgan fingerprint density at radius 3 is 3.00 bits per heavy atom. The van der Waals surface area contributed by atoms with Gasteiger partial charge < -0.3 is 10.1 Å². The second-order valence-electron chi connectivity index (χ2n) is 5.76. The number of rotatable bonds is 3. The van der Waals surface area contributed by atoms with E-state index in [2.05, 4.69) is 37.8 Å². The summed E-state index contributed by atoms with van der Waals surface area (Å²) in [5, 5.41) is 19.5. The molecule has 1 fully saturated rings. The van der Waals surface area contributed by atoms with Gasteiger partial charge in [-0.2, -0.15) is 9.61 Å². The third-order valence-electron chi connectivity index (χ3n) is 4.38. The predicted molar refractivity (Wildman–Crippen MR) is 82.0 cm³/mol. The molecular formula is C14H18N8O. The highest BCUT2D eigenvalue weighted by Gasteiger charge is 2.34. The number of fused-ring (bicyclic) bond motifs is 1. The number of nitrogens with zero attached hydrogens (tertiary/aromatic N) is 7. The Bertz CT molecular complexity index is 854. The highest BCUT2D eigenvalue weighted by molar-refractivity contribution is 5.61. The molecule has 2 atom stereocenters. The molecule has 4 heterocycles. The number of anilines is 1. The van der Waals surface area contributed by atoms with Gasteiger partial charge in [0, 0.05) is 31.1 Å². The highest BCUT2D eigenvalue weighted by atomic mass is 16.5. The van der Waals surface area contributed by atoms with E-state index in [0.717, 1.165) is 23.4 Å². The van der Waals surface area contributed by atoms with Crippen molar-refractivity contribution in [2.24, 2.45) is 7.05 Å². The molecule has 1 aliphatic rings. The summed E-state index contributed by atoms with van der Waals surface area (Å²) in [6.07, 6.45) is 4.24. The Labute approximate surface area is 132 Å². The van der Waals surface area contributed by atoms with Crippen molar-refractivity contribution >= 4 is 11.5 Å². The lowest BCUT2D eigenvalue weighted by atomic mass is 10.0. The van der Waals surface area contributed by atoms with Gasteiger partial charge in [-0.1, -0.05) is 0 Å². The van der Waals surface area contributed by atoms with E-state index < -0.39 is 0 Å². The van der Waals surface area contributed by atoms with E-state index in [4.69, 9.17) is 4.74 Å². The summed E-state index contributed by atoms with van der Waals surface area (Å²) in [6.45, 7) is 4.78. The molecule has 9 heteroatoms. The van der Waals surface area contributed by atoms with Crippen molar-refractivity contribution in [1.29, 1.82) is 0 Å². The molecule has 0 aliphatic carbocycles. The summed E-state index contributed by atoms with van der Waals surface area (Å²) in [6, 6.07) is 0.104. The van der Waals surface area contributed by atoms with Crippen LogP contribution in [0, 0.1) is 13.8 Å². The Kier molecular flexibility index (Phi) is 3.22. The van der Waals surface area contributed by atoms with Crippen LogP contribution in [-0.4, -0.2) is 47.5 Å². The maximum absolute atomic E-state index is 5.99. The number of hydrogen-bond acceptors (Lipinski definition) is 7. The number of tetrazole rings is 1. The van der Waals surface area contributed by atoms with E-state index in [9.17, 15) is 0 Å². The van der Waals surface area contributed by atoms with Gasteiger partial charge in [-0.05, 0) is 30.7 Å². The maximum Gasteiger partial charge on any atom is 0.221 e. The highest BCUT2D eigenvalue weighted by Crippen LogP contribution is 2.34. The van der Waals surface area contributed by atoms with Crippen LogP contribution in [0.5, 0.6) is 0 Å². The van der Waals surface area contributed by atoms with Crippen molar-refractivity contribution < 1.29 is 4.74 Å². The van der Waals surface area contributed by atoms with Crippen LogP contribution >= 0.6 is 0 Å². The van der Waals surface area contributed by atoms with Crippen molar-refractivity contribution in [2.75, 3.05) is 11.9 Å². The first-order valence-electron chi connectivity index (χ1n) is 7.56. The number of nitrogens with one attached hydrogen (secondary N) is 1. The van der Waals surface area contributed by atoms with Crippen LogP contribution in [0.2, 0.25) is 0 Å². The minimum absolute atomic E-state index is 0.0540. The average molecular weight is 314 g/mol. The van der Waals surface area contributed by atoms with E-state index in [1.54, 1.807) is 16.9 Å². The van der Waals surface area contributed by atoms with Crippen molar-refractivity contribution in [3.8, 4) is 0 Å². The van der Waals surface area contributed by atoms with E-state index in [-0.39, 0.29) is 12.1 Å². The van der Waals surface area contributed by atoms with Crippen molar-refractivity contribution in [1.82, 2.24) is 34.8 Å². The first-order chi connectivity index (χ1) is 11.1. The lowest BCUT2D eigenvalue weighted by Crippen LogP contribution is -2.25. The van der Waals surface area contributed by atoms with Gasteiger partial charge in [0.15, 0.2) is 5.82 Å². The standard InChI is InChI=1S/C14H18N8O/c1-8-11(9(2)21(3)18-8)12-10(4-7-23-12)16-13-14-17-19-20-22(14)6-5-15-13/h5-6,10,12H,4,7H2,1-3H3,(H,15,16)/t10-,12-/m1/s1. The lowest BCUT2D eigenvalue weighted by Gasteiger charge is -2.21. The SMILES string of the molecule is Cc1nn(C)c(C)c1[C@@H]1OCC[C@H]1Nc1nccn2nnnc12. The number of hydrogen-bond donors (Lipinski definition) is 1. The summed E-state index contributed by atoms with van der Waals surface area (Å²) < 4.78 is 9.48. The molecular weight excluding hydrogens is 296 g/mol. The molecule has 0 unspecified atom stereocenters. The molecule has 1 N–H and O–H groups in total. The van der Waals surface area contributed by atoms with Gasteiger partial charge >= 0.3 is 0 Å². The van der Waals surface area contributed by atoms with Crippen LogP contribution < -0.4 is 5.32 Å². The summed E-state index contributed by atoms with van der Waals surface area (Å²) in [4.78, 5) is 4.37. The van der Waals surface area contributed by atoms with Gasteiger partial charge in [-0.3, -0.25) is 4.68 Å². The molecule has 3 aromatic heterocycles. The monoisotopic (exact) mass is 314 g/mol. The molecule has 0 bridgehead atoms. The second-order valence-corrected chi connectivity index (χ2v) is 5.76. The quantitative estimate of drug-likeness (QED) is 0.764. The molecule has 0 saturated carbocycles. The zero-order valence-corrected chi connectivity index (χ0v) is 13.3. The van der Waals surface area contributed by atoms with Gasteiger partial charge in [-0.15, -0.1) is 5.10 Å². The molecule has 23 heavy (non-hydrogen) atoms. The Hall–Kier alpha value is -2.55. The molecule has 3 aromatic rings. The summed E-state index contributed by atoms with van der Waals surface area (Å²) in [5.74, 6) is 0.664. The third kappa shape index (κ3) is 2.24. The fourth-order valence-electron chi connectivity index (χ4n) is 3.18. The topological polar surface area (TPSA) is 95.0 Å². The van der Waals surface area contributed by atoms with Gasteiger partial charge in [0.05, 0.1) is 17.9 Å². The van der Waals surface area contributed by atoms with E-state index in [0.29, 0.717) is 18.1 Å². The van der Waals surface area contributed by atoms with Gasteiger partial charge in [0.1, 0.15) is 6.10 Å². The molecule has 4 rings (SSSR count). The van der Waals surface area contributed by atoms with E-state index in [1.807, 2.05) is 18.7 Å². The molecule has 0 aromatic carbocycles. The van der Waals surface area contributed by atoms with Crippen molar-refractivity contribution in [3.05, 3.63) is 29.3 Å². The summed E-state index contributed by atoms with van der Waals surface area (Å²) in [5.41, 5.74) is 3.88. The van der Waals surface area contributed by atoms with E-state index >= 15 is 0 Å². The summed E-state index contributed by atoms with van der Waals surface area (Å²) in [7, 11) is 1.95. The Balaban J connectivity index is 1.67. The van der Waals surface area contributed by atoms with E-state index in [1.165, 1.54) is 0 Å². The fraction of sp³-hybridized carbons (Fsp3) is 0.500. The van der Waals surface area contributed by atoms with Crippen LogP contribution in [0.25, 0.3) is 5.65 Å². The first kappa shape index (κ1) is 14.1. The molecule has 120 valence electrons. The Morgan fingerprint density at radius 1 is 1.35 bits per heavy atom. The van der Waals surface area contributed by atoms with Crippen LogP contribution in [0.1, 0.15) is 29.5 Å². The molecule has 1 saturated heterocycles. The molecule has 0 radical (unpaired) electrons. The predicted octanol–water partition coefficient (Wildman–Crippen LogP) is 0.812. The minimum atomic E-state index is -0.0540. The Morgan fingerprint density at radius 2 is 2.22 bits per heavy atom. The number of aromatic nitrogens is 7.